The first-order valence-corrected chi connectivity index (χ1v) is 6.32. The zero-order valence-corrected chi connectivity index (χ0v) is 9.67. The average Bonchev–Trinajstić information content (AvgIpc) is 2.00. The quantitative estimate of drug-likeness (QED) is 0.780. The van der Waals surface area contributed by atoms with Gasteiger partial charge in [-0.25, -0.2) is 22.2 Å². The molecule has 0 radical (unpaired) electrons. The molecule has 1 rings (SSSR count). The van der Waals surface area contributed by atoms with Gasteiger partial charge in [-0.1, -0.05) is 11.6 Å². The van der Waals surface area contributed by atoms with E-state index in [1.807, 2.05) is 0 Å². The van der Waals surface area contributed by atoms with E-state index in [1.165, 1.54) is 6.92 Å². The molecule has 84 valence electrons. The van der Waals surface area contributed by atoms with E-state index in [-0.39, 0.29) is 10.6 Å². The van der Waals surface area contributed by atoms with Crippen molar-refractivity contribution in [3.05, 3.63) is 22.3 Å². The first kappa shape index (κ1) is 12.6. The Kier molecular flexibility index (Phi) is 3.52. The number of aromatic nitrogens is 1. The summed E-state index contributed by atoms with van der Waals surface area (Å²) in [5, 5.41) is -1.02. The van der Waals surface area contributed by atoms with Gasteiger partial charge in [0.1, 0.15) is 5.69 Å². The lowest BCUT2D eigenvalue weighted by Gasteiger charge is -2.06. The van der Waals surface area contributed by atoms with Crippen LogP contribution in [0.15, 0.2) is 11.1 Å². The van der Waals surface area contributed by atoms with Crippen LogP contribution in [-0.2, 0) is 9.05 Å². The van der Waals surface area contributed by atoms with E-state index in [4.69, 9.17) is 22.3 Å². The van der Waals surface area contributed by atoms with Gasteiger partial charge in [-0.05, 0) is 18.6 Å². The Balaban J connectivity index is 3.50. The molecular formula is C7H5Cl2F2NO2S. The van der Waals surface area contributed by atoms with Gasteiger partial charge in [0.15, 0.2) is 5.03 Å². The molecule has 0 saturated heterocycles. The monoisotopic (exact) mass is 275 g/mol. The number of hydrogen-bond acceptors (Lipinski definition) is 3. The van der Waals surface area contributed by atoms with Crippen molar-refractivity contribution in [2.24, 2.45) is 0 Å². The number of pyridine rings is 1. The van der Waals surface area contributed by atoms with E-state index in [2.05, 4.69) is 4.98 Å². The van der Waals surface area contributed by atoms with Gasteiger partial charge < -0.3 is 0 Å². The van der Waals surface area contributed by atoms with Gasteiger partial charge >= 0.3 is 0 Å². The third-order valence-corrected chi connectivity index (χ3v) is 3.22. The van der Waals surface area contributed by atoms with Crippen LogP contribution in [0.25, 0.3) is 0 Å². The van der Waals surface area contributed by atoms with Crippen molar-refractivity contribution in [2.75, 3.05) is 0 Å². The second kappa shape index (κ2) is 4.19. The van der Waals surface area contributed by atoms with E-state index < -0.39 is 26.2 Å². The Morgan fingerprint density at radius 1 is 1.47 bits per heavy atom. The predicted molar refractivity (Wildman–Crippen MR) is 52.0 cm³/mol. The van der Waals surface area contributed by atoms with Gasteiger partial charge in [0, 0.05) is 10.7 Å². The van der Waals surface area contributed by atoms with Gasteiger partial charge in [-0.15, -0.1) is 0 Å². The first-order valence-electron chi connectivity index (χ1n) is 3.63. The van der Waals surface area contributed by atoms with Crippen molar-refractivity contribution in [3.63, 3.8) is 0 Å². The third kappa shape index (κ3) is 2.76. The molecule has 1 aromatic rings. The van der Waals surface area contributed by atoms with E-state index in [9.17, 15) is 17.2 Å². The third-order valence-electron chi connectivity index (χ3n) is 1.61. The molecule has 8 heteroatoms. The second-order valence-electron chi connectivity index (χ2n) is 2.72. The molecular weight excluding hydrogens is 271 g/mol. The summed E-state index contributed by atoms with van der Waals surface area (Å²) in [6.45, 7) is 1.35. The molecule has 0 amide bonds. The molecule has 1 heterocycles. The molecule has 0 saturated carbocycles. The highest BCUT2D eigenvalue weighted by Gasteiger charge is 2.22. The molecule has 0 fully saturated rings. The summed E-state index contributed by atoms with van der Waals surface area (Å²) in [5.41, 5.74) is -0.530. The first-order chi connectivity index (χ1) is 6.73. The van der Waals surface area contributed by atoms with Crippen LogP contribution < -0.4 is 0 Å². The number of nitrogens with zero attached hydrogens (tertiary/aromatic N) is 1. The number of alkyl halides is 2. The molecule has 0 aliphatic rings. The van der Waals surface area contributed by atoms with Crippen LogP contribution in [0, 0.1) is 6.92 Å². The Hall–Kier alpha value is -0.460. The van der Waals surface area contributed by atoms with E-state index >= 15 is 0 Å². The lowest BCUT2D eigenvalue weighted by Crippen LogP contribution is -2.03. The van der Waals surface area contributed by atoms with Crippen LogP contribution in [0.5, 0.6) is 0 Å². The zero-order valence-electron chi connectivity index (χ0n) is 7.34. The number of halogens is 4. The molecule has 0 aromatic carbocycles. The summed E-state index contributed by atoms with van der Waals surface area (Å²) in [6.07, 6.45) is -2.88. The smallest absolute Gasteiger partial charge is 0.232 e. The fourth-order valence-electron chi connectivity index (χ4n) is 0.969. The SMILES string of the molecule is Cc1cc(Cl)c(S(=O)(=O)Cl)nc1C(F)F. The summed E-state index contributed by atoms with van der Waals surface area (Å²) in [4.78, 5) is 3.24. The fourth-order valence-corrected chi connectivity index (χ4v) is 2.45. The van der Waals surface area contributed by atoms with E-state index in [1.54, 1.807) is 0 Å². The van der Waals surface area contributed by atoms with Crippen molar-refractivity contribution in [2.45, 2.75) is 18.4 Å². The Morgan fingerprint density at radius 2 is 2.00 bits per heavy atom. The highest BCUT2D eigenvalue weighted by molar-refractivity contribution is 8.13. The van der Waals surface area contributed by atoms with Crippen LogP contribution in [0.1, 0.15) is 17.7 Å². The van der Waals surface area contributed by atoms with Gasteiger partial charge in [0.2, 0.25) is 0 Å². The molecule has 0 spiro atoms. The summed E-state index contributed by atoms with van der Waals surface area (Å²) in [6, 6.07) is 1.09. The van der Waals surface area contributed by atoms with E-state index in [0.717, 1.165) is 6.07 Å². The minimum Gasteiger partial charge on any atom is -0.232 e. The highest BCUT2D eigenvalue weighted by Crippen LogP contribution is 2.29. The zero-order chi connectivity index (χ0) is 11.8. The highest BCUT2D eigenvalue weighted by atomic mass is 35.7. The lowest BCUT2D eigenvalue weighted by molar-refractivity contribution is 0.144. The number of rotatable bonds is 2. The second-order valence-corrected chi connectivity index (χ2v) is 5.60. The molecule has 0 atom stereocenters. The maximum absolute atomic E-state index is 12.4. The van der Waals surface area contributed by atoms with Gasteiger partial charge in [0.05, 0.1) is 5.02 Å². The molecule has 0 bridgehead atoms. The number of aryl methyl sites for hydroxylation is 1. The van der Waals surface area contributed by atoms with Crippen LogP contribution in [-0.4, -0.2) is 13.4 Å². The molecule has 15 heavy (non-hydrogen) atoms. The summed E-state index contributed by atoms with van der Waals surface area (Å²) >= 11 is 5.52. The van der Waals surface area contributed by atoms with Crippen molar-refractivity contribution in [1.29, 1.82) is 0 Å². The standard InChI is InChI=1S/C7H5Cl2F2NO2S/c1-3-2-4(8)7(15(9,13)14)12-5(3)6(10)11/h2,6H,1H3. The largest absolute Gasteiger partial charge is 0.280 e. The molecule has 3 nitrogen and oxygen atoms in total. The van der Waals surface area contributed by atoms with Crippen molar-refractivity contribution in [3.8, 4) is 0 Å². The number of hydrogen-bond donors (Lipinski definition) is 0. The summed E-state index contributed by atoms with van der Waals surface area (Å²) < 4.78 is 46.6. The topological polar surface area (TPSA) is 47.0 Å². The van der Waals surface area contributed by atoms with Crippen molar-refractivity contribution < 1.29 is 17.2 Å². The van der Waals surface area contributed by atoms with Gasteiger partial charge in [0.25, 0.3) is 15.5 Å². The Labute approximate surface area is 94.4 Å². The van der Waals surface area contributed by atoms with Crippen LogP contribution in [0.4, 0.5) is 8.78 Å². The predicted octanol–water partition coefficient (Wildman–Crippen LogP) is 2.91. The van der Waals surface area contributed by atoms with Crippen LogP contribution in [0.2, 0.25) is 5.02 Å². The Morgan fingerprint density at radius 3 is 2.40 bits per heavy atom. The summed E-state index contributed by atoms with van der Waals surface area (Å²) in [7, 11) is 0.763. The minimum absolute atomic E-state index is 0.110. The normalized spacial score (nSPS) is 12.1. The van der Waals surface area contributed by atoms with Gasteiger partial charge in [-0.3, -0.25) is 0 Å². The van der Waals surface area contributed by atoms with Crippen molar-refractivity contribution >= 4 is 31.3 Å². The van der Waals surface area contributed by atoms with Crippen molar-refractivity contribution in [1.82, 2.24) is 4.98 Å². The summed E-state index contributed by atoms with van der Waals surface area (Å²) in [5.74, 6) is 0. The molecule has 1 aromatic heterocycles. The van der Waals surface area contributed by atoms with Crippen LogP contribution >= 0.6 is 22.3 Å². The Bertz CT molecular complexity index is 490. The molecule has 0 aliphatic heterocycles. The maximum atomic E-state index is 12.4. The van der Waals surface area contributed by atoms with Gasteiger partial charge in [-0.2, -0.15) is 0 Å². The van der Waals surface area contributed by atoms with E-state index in [0.29, 0.717) is 0 Å². The lowest BCUT2D eigenvalue weighted by atomic mass is 10.2. The maximum Gasteiger partial charge on any atom is 0.280 e. The molecule has 0 unspecified atom stereocenters. The van der Waals surface area contributed by atoms with Crippen LogP contribution in [0.3, 0.4) is 0 Å². The minimum atomic E-state index is -4.21. The fraction of sp³-hybridized carbons (Fsp3) is 0.286. The molecule has 0 aliphatic carbocycles. The molecule has 0 N–H and O–H groups in total. The average molecular weight is 276 g/mol.